The van der Waals surface area contributed by atoms with Crippen LogP contribution in [0.1, 0.15) is 51.9 Å². The van der Waals surface area contributed by atoms with Crippen molar-refractivity contribution in [1.82, 2.24) is 10.2 Å². The van der Waals surface area contributed by atoms with Crippen molar-refractivity contribution in [3.8, 4) is 0 Å². The Hall–Kier alpha value is -0.570. The van der Waals surface area contributed by atoms with Gasteiger partial charge >= 0.3 is 0 Å². The molecule has 1 aliphatic heterocycles. The molecule has 2 fully saturated rings. The zero-order chi connectivity index (χ0) is 12.3. The summed E-state index contributed by atoms with van der Waals surface area (Å²) in [4.78, 5) is 14.0. The van der Waals surface area contributed by atoms with Crippen LogP contribution in [0.2, 0.25) is 0 Å². The van der Waals surface area contributed by atoms with Gasteiger partial charge in [0.2, 0.25) is 5.91 Å². The SMILES string of the molecule is CCCCC(=O)NC1CC2(CCN(C)CC2)C1. The van der Waals surface area contributed by atoms with Gasteiger partial charge in [-0.3, -0.25) is 4.79 Å². The minimum Gasteiger partial charge on any atom is -0.353 e. The molecule has 1 amide bonds. The van der Waals surface area contributed by atoms with Gasteiger partial charge in [0.25, 0.3) is 0 Å². The molecule has 1 N–H and O–H groups in total. The Kier molecular flexibility index (Phi) is 4.08. The van der Waals surface area contributed by atoms with Gasteiger partial charge in [-0.25, -0.2) is 0 Å². The second-order valence-electron chi connectivity index (χ2n) is 6.08. The number of hydrogen-bond donors (Lipinski definition) is 1. The van der Waals surface area contributed by atoms with Gasteiger partial charge in [-0.1, -0.05) is 13.3 Å². The van der Waals surface area contributed by atoms with Crippen LogP contribution in [-0.4, -0.2) is 37.0 Å². The molecule has 3 nitrogen and oxygen atoms in total. The topological polar surface area (TPSA) is 32.3 Å². The van der Waals surface area contributed by atoms with Gasteiger partial charge in [-0.05, 0) is 57.7 Å². The first-order valence-corrected chi connectivity index (χ1v) is 7.11. The van der Waals surface area contributed by atoms with E-state index in [1.165, 1.54) is 38.8 Å². The third kappa shape index (κ3) is 3.21. The quantitative estimate of drug-likeness (QED) is 0.814. The third-order valence-electron chi connectivity index (χ3n) is 4.53. The van der Waals surface area contributed by atoms with E-state index in [2.05, 4.69) is 24.2 Å². The molecule has 2 aliphatic rings. The number of nitrogens with zero attached hydrogens (tertiary/aromatic N) is 1. The summed E-state index contributed by atoms with van der Waals surface area (Å²) in [6, 6.07) is 0.475. The number of carbonyl (C=O) groups is 1. The third-order valence-corrected chi connectivity index (χ3v) is 4.53. The van der Waals surface area contributed by atoms with E-state index >= 15 is 0 Å². The summed E-state index contributed by atoms with van der Waals surface area (Å²) in [5.41, 5.74) is 0.579. The molecule has 1 saturated heterocycles. The van der Waals surface area contributed by atoms with Crippen LogP contribution in [0.3, 0.4) is 0 Å². The van der Waals surface area contributed by atoms with E-state index in [0.717, 1.165) is 12.8 Å². The van der Waals surface area contributed by atoms with Crippen molar-refractivity contribution >= 4 is 5.91 Å². The standard InChI is InChI=1S/C14H26N2O/c1-3-4-5-13(17)15-12-10-14(11-12)6-8-16(2)9-7-14/h12H,3-11H2,1-2H3,(H,15,17). The normalized spacial score (nSPS) is 24.6. The Morgan fingerprint density at radius 1 is 1.35 bits per heavy atom. The zero-order valence-corrected chi connectivity index (χ0v) is 11.3. The Labute approximate surface area is 105 Å². The van der Waals surface area contributed by atoms with Crippen LogP contribution in [0.25, 0.3) is 0 Å². The predicted molar refractivity (Wildman–Crippen MR) is 69.9 cm³/mol. The largest absolute Gasteiger partial charge is 0.353 e. The van der Waals surface area contributed by atoms with Crippen molar-refractivity contribution in [2.24, 2.45) is 5.41 Å². The Morgan fingerprint density at radius 2 is 2.00 bits per heavy atom. The number of likely N-dealkylation sites (tertiary alicyclic amines) is 1. The van der Waals surface area contributed by atoms with Gasteiger partial charge < -0.3 is 10.2 Å². The van der Waals surface area contributed by atoms with Crippen molar-refractivity contribution in [2.45, 2.75) is 57.9 Å². The van der Waals surface area contributed by atoms with Crippen LogP contribution in [0.5, 0.6) is 0 Å². The average molecular weight is 238 g/mol. The van der Waals surface area contributed by atoms with Gasteiger partial charge in [0.15, 0.2) is 0 Å². The molecule has 0 aromatic rings. The zero-order valence-electron chi connectivity index (χ0n) is 11.3. The highest BCUT2D eigenvalue weighted by Crippen LogP contribution is 2.48. The highest BCUT2D eigenvalue weighted by atomic mass is 16.1. The molecule has 1 aliphatic carbocycles. The maximum atomic E-state index is 11.6. The molecule has 17 heavy (non-hydrogen) atoms. The fraction of sp³-hybridized carbons (Fsp3) is 0.929. The second-order valence-corrected chi connectivity index (χ2v) is 6.08. The van der Waals surface area contributed by atoms with Gasteiger partial charge in [0.1, 0.15) is 0 Å². The van der Waals surface area contributed by atoms with Crippen molar-refractivity contribution in [3.63, 3.8) is 0 Å². The highest BCUT2D eigenvalue weighted by molar-refractivity contribution is 5.76. The van der Waals surface area contributed by atoms with Crippen LogP contribution in [0.4, 0.5) is 0 Å². The number of hydrogen-bond acceptors (Lipinski definition) is 2. The summed E-state index contributed by atoms with van der Waals surface area (Å²) in [7, 11) is 2.20. The van der Waals surface area contributed by atoms with Crippen LogP contribution >= 0.6 is 0 Å². The van der Waals surface area contributed by atoms with E-state index in [-0.39, 0.29) is 5.91 Å². The van der Waals surface area contributed by atoms with Crippen LogP contribution < -0.4 is 5.32 Å². The number of nitrogens with one attached hydrogen (secondary N) is 1. The summed E-state index contributed by atoms with van der Waals surface area (Å²) in [6.45, 7) is 4.59. The van der Waals surface area contributed by atoms with Gasteiger partial charge in [-0.2, -0.15) is 0 Å². The van der Waals surface area contributed by atoms with E-state index in [1.54, 1.807) is 0 Å². The number of amides is 1. The number of piperidine rings is 1. The molecule has 0 radical (unpaired) electrons. The van der Waals surface area contributed by atoms with Crippen LogP contribution in [-0.2, 0) is 4.79 Å². The molecule has 0 aromatic carbocycles. The lowest BCUT2D eigenvalue weighted by Crippen LogP contribution is -2.54. The summed E-state index contributed by atoms with van der Waals surface area (Å²) in [6.07, 6.45) is 7.93. The van der Waals surface area contributed by atoms with Crippen molar-refractivity contribution in [2.75, 3.05) is 20.1 Å². The molecular weight excluding hydrogens is 212 g/mol. The minimum absolute atomic E-state index is 0.264. The lowest BCUT2D eigenvalue weighted by atomic mass is 9.60. The van der Waals surface area contributed by atoms with Crippen molar-refractivity contribution in [3.05, 3.63) is 0 Å². The number of unbranched alkanes of at least 4 members (excludes halogenated alkanes) is 1. The van der Waals surface area contributed by atoms with Gasteiger partial charge in [0, 0.05) is 12.5 Å². The summed E-state index contributed by atoms with van der Waals surface area (Å²) in [5.74, 6) is 0.264. The average Bonchev–Trinajstić information content (AvgIpc) is 2.27. The first-order valence-electron chi connectivity index (χ1n) is 7.11. The van der Waals surface area contributed by atoms with Crippen molar-refractivity contribution in [1.29, 1.82) is 0 Å². The van der Waals surface area contributed by atoms with Crippen LogP contribution in [0.15, 0.2) is 0 Å². The van der Waals surface area contributed by atoms with E-state index in [1.807, 2.05) is 0 Å². The maximum Gasteiger partial charge on any atom is 0.220 e. The molecule has 1 saturated carbocycles. The lowest BCUT2D eigenvalue weighted by Gasteiger charge is -2.52. The summed E-state index contributed by atoms with van der Waals surface area (Å²) < 4.78 is 0. The monoisotopic (exact) mass is 238 g/mol. The molecule has 98 valence electrons. The second kappa shape index (κ2) is 5.38. The fourth-order valence-electron chi connectivity index (χ4n) is 3.23. The molecule has 1 heterocycles. The lowest BCUT2D eigenvalue weighted by molar-refractivity contribution is -0.124. The molecule has 0 unspecified atom stereocenters. The smallest absolute Gasteiger partial charge is 0.220 e. The number of carbonyl (C=O) groups excluding carboxylic acids is 1. The Balaban J connectivity index is 1.66. The number of rotatable bonds is 4. The molecule has 3 heteroatoms. The highest BCUT2D eigenvalue weighted by Gasteiger charge is 2.45. The Bertz CT molecular complexity index is 261. The first kappa shape index (κ1) is 12.9. The fourth-order valence-corrected chi connectivity index (χ4v) is 3.23. The van der Waals surface area contributed by atoms with E-state index in [0.29, 0.717) is 17.9 Å². The molecule has 0 atom stereocenters. The summed E-state index contributed by atoms with van der Waals surface area (Å²) >= 11 is 0. The first-order chi connectivity index (χ1) is 8.13. The minimum atomic E-state index is 0.264. The molecule has 1 spiro atoms. The maximum absolute atomic E-state index is 11.6. The van der Waals surface area contributed by atoms with E-state index in [9.17, 15) is 4.79 Å². The van der Waals surface area contributed by atoms with Crippen molar-refractivity contribution < 1.29 is 4.79 Å². The van der Waals surface area contributed by atoms with Gasteiger partial charge in [0.05, 0.1) is 0 Å². The summed E-state index contributed by atoms with van der Waals surface area (Å²) in [5, 5.41) is 3.18. The Morgan fingerprint density at radius 3 is 2.59 bits per heavy atom. The predicted octanol–water partition coefficient (Wildman–Crippen LogP) is 2.17. The van der Waals surface area contributed by atoms with E-state index in [4.69, 9.17) is 0 Å². The van der Waals surface area contributed by atoms with E-state index < -0.39 is 0 Å². The van der Waals surface area contributed by atoms with Gasteiger partial charge in [-0.15, -0.1) is 0 Å². The molecule has 0 bridgehead atoms. The molecule has 2 rings (SSSR count). The van der Waals surface area contributed by atoms with Crippen LogP contribution in [0, 0.1) is 5.41 Å². The molecular formula is C14H26N2O. The molecule has 0 aromatic heterocycles.